The summed E-state index contributed by atoms with van der Waals surface area (Å²) in [7, 11) is -3.34. The Morgan fingerprint density at radius 1 is 0.600 bits per heavy atom. The van der Waals surface area contributed by atoms with E-state index < -0.39 is 9.84 Å². The van der Waals surface area contributed by atoms with Crippen LogP contribution < -0.4 is 0 Å². The molecule has 2 nitrogen and oxygen atoms in total. The van der Waals surface area contributed by atoms with Gasteiger partial charge in [-0.3, -0.25) is 0 Å². The van der Waals surface area contributed by atoms with Crippen molar-refractivity contribution >= 4 is 9.84 Å². The molecule has 2 rings (SSSR count). The van der Waals surface area contributed by atoms with Gasteiger partial charge in [-0.15, -0.1) is 0 Å². The minimum absolute atomic E-state index is 0. The predicted octanol–water partition coefficient (Wildman–Crippen LogP) is 5.21. The van der Waals surface area contributed by atoms with Gasteiger partial charge in [0.15, 0.2) is 0 Å². The van der Waals surface area contributed by atoms with E-state index in [0.29, 0.717) is 9.79 Å². The maximum absolute atomic E-state index is 12.0. The lowest BCUT2D eigenvalue weighted by Gasteiger charge is -2.03. The summed E-state index contributed by atoms with van der Waals surface area (Å²) < 4.78 is 24.1. The molecule has 0 saturated carbocycles. The van der Waals surface area contributed by atoms with E-state index in [0.717, 1.165) is 0 Å². The molecule has 0 fully saturated rings. The maximum atomic E-state index is 12.0. The van der Waals surface area contributed by atoms with E-state index in [2.05, 4.69) is 0 Å². The van der Waals surface area contributed by atoms with E-state index in [1.165, 1.54) is 0 Å². The molecule has 20 heavy (non-hydrogen) atoms. The highest BCUT2D eigenvalue weighted by atomic mass is 32.2. The van der Waals surface area contributed by atoms with Crippen LogP contribution in [0.1, 0.15) is 35.1 Å². The highest BCUT2D eigenvalue weighted by molar-refractivity contribution is 7.91. The summed E-state index contributed by atoms with van der Waals surface area (Å²) in [5, 5.41) is 0. The Bertz CT molecular complexity index is 486. The molecule has 0 aliphatic rings. The van der Waals surface area contributed by atoms with Gasteiger partial charge in [0.25, 0.3) is 0 Å². The minimum atomic E-state index is -3.34. The van der Waals surface area contributed by atoms with Gasteiger partial charge < -0.3 is 0 Å². The van der Waals surface area contributed by atoms with Crippen LogP contribution >= 0.6 is 0 Å². The first-order chi connectivity index (χ1) is 9.21. The molecule has 2 aromatic carbocycles. The van der Waals surface area contributed by atoms with Crippen LogP contribution in [0.2, 0.25) is 0 Å². The van der Waals surface area contributed by atoms with Gasteiger partial charge in [0.1, 0.15) is 0 Å². The topological polar surface area (TPSA) is 34.1 Å². The second-order valence-electron chi connectivity index (χ2n) is 3.13. The van der Waals surface area contributed by atoms with Crippen molar-refractivity contribution < 1.29 is 8.42 Å². The molecule has 0 aliphatic heterocycles. The van der Waals surface area contributed by atoms with E-state index in [-0.39, 0.29) is 7.43 Å². The molecule has 0 atom stereocenters. The van der Waals surface area contributed by atoms with Gasteiger partial charge in [-0.05, 0) is 24.3 Å². The SMILES string of the molecule is C.CC.CC.O=S(=O)(c1ccccc1)c1ccccc1. The molecule has 2 aromatic rings. The number of hydrogen-bond donors (Lipinski definition) is 0. The Balaban J connectivity index is 0. The summed E-state index contributed by atoms with van der Waals surface area (Å²) in [4.78, 5) is 0.660. The van der Waals surface area contributed by atoms with Crippen LogP contribution in [0.25, 0.3) is 0 Å². The normalized spacial score (nSPS) is 9.00. The zero-order valence-corrected chi connectivity index (χ0v) is 12.8. The average molecular weight is 294 g/mol. The Labute approximate surface area is 124 Å². The van der Waals surface area contributed by atoms with Crippen molar-refractivity contribution in [1.29, 1.82) is 0 Å². The minimum Gasteiger partial charge on any atom is -0.219 e. The van der Waals surface area contributed by atoms with Gasteiger partial charge in [-0.2, -0.15) is 0 Å². The molecule has 0 heterocycles. The van der Waals surface area contributed by atoms with Crippen molar-refractivity contribution in [3.63, 3.8) is 0 Å². The van der Waals surface area contributed by atoms with E-state index in [9.17, 15) is 8.42 Å². The van der Waals surface area contributed by atoms with Crippen molar-refractivity contribution in [2.24, 2.45) is 0 Å². The van der Waals surface area contributed by atoms with Crippen molar-refractivity contribution in [1.82, 2.24) is 0 Å². The van der Waals surface area contributed by atoms with Crippen molar-refractivity contribution in [3.05, 3.63) is 60.7 Å². The number of sulfone groups is 1. The lowest BCUT2D eigenvalue weighted by atomic mass is 10.4. The molecule has 0 aliphatic carbocycles. The van der Waals surface area contributed by atoms with Crippen LogP contribution in [0.4, 0.5) is 0 Å². The monoisotopic (exact) mass is 294 g/mol. The molecule has 0 spiro atoms. The third-order valence-corrected chi connectivity index (χ3v) is 3.89. The Morgan fingerprint density at radius 3 is 1.10 bits per heavy atom. The largest absolute Gasteiger partial charge is 0.219 e. The van der Waals surface area contributed by atoms with E-state index in [1.807, 2.05) is 27.7 Å². The molecule has 0 N–H and O–H groups in total. The second kappa shape index (κ2) is 11.2. The third-order valence-electron chi connectivity index (χ3n) is 2.11. The van der Waals surface area contributed by atoms with Crippen LogP contribution in [0, 0.1) is 0 Å². The molecular weight excluding hydrogens is 268 g/mol. The van der Waals surface area contributed by atoms with Gasteiger partial charge >= 0.3 is 0 Å². The third kappa shape index (κ3) is 5.57. The first-order valence-electron chi connectivity index (χ1n) is 6.56. The smallest absolute Gasteiger partial charge is 0.206 e. The summed E-state index contributed by atoms with van der Waals surface area (Å²) in [5.41, 5.74) is 0. The number of hydrogen-bond acceptors (Lipinski definition) is 2. The fourth-order valence-electron chi connectivity index (χ4n) is 1.34. The van der Waals surface area contributed by atoms with Gasteiger partial charge in [-0.1, -0.05) is 71.5 Å². The predicted molar refractivity (Wildman–Crippen MR) is 87.8 cm³/mol. The van der Waals surface area contributed by atoms with Gasteiger partial charge in [-0.25, -0.2) is 8.42 Å². The molecule has 3 heteroatoms. The highest BCUT2D eigenvalue weighted by Gasteiger charge is 2.15. The lowest BCUT2D eigenvalue weighted by Crippen LogP contribution is -2.00. The summed E-state index contributed by atoms with van der Waals surface area (Å²) in [6.07, 6.45) is 0. The molecule has 112 valence electrons. The summed E-state index contributed by atoms with van der Waals surface area (Å²) in [6, 6.07) is 16.9. The molecule has 0 bridgehead atoms. The summed E-state index contributed by atoms with van der Waals surface area (Å²) >= 11 is 0. The summed E-state index contributed by atoms with van der Waals surface area (Å²) in [5.74, 6) is 0. The fourth-order valence-corrected chi connectivity index (χ4v) is 2.64. The van der Waals surface area contributed by atoms with Crippen molar-refractivity contribution in [2.75, 3.05) is 0 Å². The molecule has 0 unspecified atom stereocenters. The zero-order chi connectivity index (χ0) is 14.7. The Morgan fingerprint density at radius 2 is 0.850 bits per heavy atom. The molecule has 0 aromatic heterocycles. The second-order valence-corrected chi connectivity index (χ2v) is 5.08. The van der Waals surface area contributed by atoms with Crippen LogP contribution in [-0.4, -0.2) is 8.42 Å². The quantitative estimate of drug-likeness (QED) is 0.762. The average Bonchev–Trinajstić information content (AvgIpc) is 2.53. The van der Waals surface area contributed by atoms with Crippen LogP contribution in [0.15, 0.2) is 70.5 Å². The van der Waals surface area contributed by atoms with Gasteiger partial charge in [0.2, 0.25) is 9.84 Å². The number of rotatable bonds is 2. The standard InChI is InChI=1S/C12H10O2S.2C2H6.CH4/c13-15(14,11-7-3-1-4-8-11)12-9-5-2-6-10-12;2*1-2;/h1-10H;2*1-2H3;1H4. The van der Waals surface area contributed by atoms with E-state index in [1.54, 1.807) is 60.7 Å². The van der Waals surface area contributed by atoms with E-state index in [4.69, 9.17) is 0 Å². The molecule has 0 saturated heterocycles. The maximum Gasteiger partial charge on any atom is 0.206 e. The highest BCUT2D eigenvalue weighted by Crippen LogP contribution is 2.19. The molecule has 0 radical (unpaired) electrons. The van der Waals surface area contributed by atoms with Gasteiger partial charge in [0, 0.05) is 0 Å². The van der Waals surface area contributed by atoms with Crippen LogP contribution in [-0.2, 0) is 9.84 Å². The first-order valence-corrected chi connectivity index (χ1v) is 8.05. The van der Waals surface area contributed by atoms with Crippen LogP contribution in [0.3, 0.4) is 0 Å². The fraction of sp³-hybridized carbons (Fsp3) is 0.294. The molecular formula is C17H26O2S. The number of benzene rings is 2. The zero-order valence-electron chi connectivity index (χ0n) is 12.0. The van der Waals surface area contributed by atoms with Crippen LogP contribution in [0.5, 0.6) is 0 Å². The Hall–Kier alpha value is -1.61. The first kappa shape index (κ1) is 20.7. The van der Waals surface area contributed by atoms with E-state index >= 15 is 0 Å². The van der Waals surface area contributed by atoms with Crippen molar-refractivity contribution in [2.45, 2.75) is 44.9 Å². The Kier molecular flexibility index (Phi) is 11.6. The van der Waals surface area contributed by atoms with Gasteiger partial charge in [0.05, 0.1) is 9.79 Å². The summed E-state index contributed by atoms with van der Waals surface area (Å²) in [6.45, 7) is 8.00. The molecule has 0 amide bonds. The lowest BCUT2D eigenvalue weighted by molar-refractivity contribution is 0.596. The van der Waals surface area contributed by atoms with Crippen molar-refractivity contribution in [3.8, 4) is 0 Å².